The van der Waals surface area contributed by atoms with Crippen molar-refractivity contribution in [1.82, 2.24) is 0 Å². The fraction of sp³-hybridized carbons (Fsp3) is 0.0588. The lowest BCUT2D eigenvalue weighted by Gasteiger charge is -2.41. The van der Waals surface area contributed by atoms with Crippen LogP contribution in [0.15, 0.2) is 262 Å². The van der Waals surface area contributed by atoms with Crippen molar-refractivity contribution in [3.8, 4) is 45.7 Å². The van der Waals surface area contributed by atoms with E-state index in [0.717, 1.165) is 28.1 Å². The molecule has 2 aliphatic rings. The summed E-state index contributed by atoms with van der Waals surface area (Å²) in [5, 5.41) is 9.76. The van der Waals surface area contributed by atoms with Gasteiger partial charge in [-0.05, 0) is 136 Å². The van der Waals surface area contributed by atoms with Crippen LogP contribution in [-0.2, 0) is 5.41 Å². The number of allylic oxidation sites excluding steroid dienone is 6. The molecule has 1 nitrogen and oxygen atoms in total. The van der Waals surface area contributed by atoms with Gasteiger partial charge in [0, 0.05) is 17.9 Å². The molecule has 10 aromatic carbocycles. The minimum absolute atomic E-state index is 0.371. The molecule has 0 radical (unpaired) electrons. The predicted molar refractivity (Wildman–Crippen MR) is 297 cm³/mol. The van der Waals surface area contributed by atoms with Gasteiger partial charge in [-0.1, -0.05) is 231 Å². The van der Waals surface area contributed by atoms with Crippen molar-refractivity contribution in [3.05, 3.63) is 284 Å². The van der Waals surface area contributed by atoms with Crippen LogP contribution >= 0.6 is 0 Å². The summed E-state index contributed by atoms with van der Waals surface area (Å²) in [7, 11) is 0. The van der Waals surface area contributed by atoms with Gasteiger partial charge in [-0.2, -0.15) is 0 Å². The Labute approximate surface area is 406 Å². The van der Waals surface area contributed by atoms with E-state index in [-0.39, 0.29) is 5.92 Å². The molecular weight excluding hydrogens is 831 g/mol. The molecule has 0 aromatic heterocycles. The number of rotatable bonds is 5. The topological polar surface area (TPSA) is 3.24 Å². The van der Waals surface area contributed by atoms with E-state index in [9.17, 15) is 0 Å². The molecule has 0 amide bonds. The quantitative estimate of drug-likeness (QED) is 0.0946. The number of nitrogens with zero attached hydrogens (tertiary/aromatic N) is 1. The zero-order chi connectivity index (χ0) is 46.9. The van der Waals surface area contributed by atoms with Crippen molar-refractivity contribution in [3.63, 3.8) is 0 Å². The van der Waals surface area contributed by atoms with Crippen LogP contribution < -0.4 is 4.90 Å². The van der Waals surface area contributed by atoms with Crippen molar-refractivity contribution in [2.24, 2.45) is 5.92 Å². The first-order valence-electron chi connectivity index (χ1n) is 23.8. The summed E-state index contributed by atoms with van der Waals surface area (Å²) >= 11 is 0. The third kappa shape index (κ3) is 7.39. The van der Waals surface area contributed by atoms with E-state index in [1.54, 1.807) is 6.08 Å². The second-order valence-corrected chi connectivity index (χ2v) is 18.0. The Hall–Kier alpha value is -8.70. The summed E-state index contributed by atoms with van der Waals surface area (Å²) in [5.41, 5.74) is 13.1. The number of hydrogen-bond acceptors (Lipinski definition) is 1. The SMILES string of the molecule is C#CC1/C=C\C=C/CN(C(=C)/C=C\C=C)c2ccccc2C12c1cc(-c3c4ccccc4cc4ccccc34)ccc1-c1ccc(-c3c4ccccc4cc4ccccc34)cc12.Cc1ccccc1. The molecular formula is C68H51N. The molecule has 1 aliphatic heterocycles. The highest BCUT2D eigenvalue weighted by Gasteiger charge is 2.51. The molecule has 328 valence electrons. The maximum absolute atomic E-state index is 6.92. The van der Waals surface area contributed by atoms with Crippen LogP contribution in [0.4, 0.5) is 5.69 Å². The maximum atomic E-state index is 6.92. The van der Waals surface area contributed by atoms with Crippen molar-refractivity contribution in [2.45, 2.75) is 12.3 Å². The third-order valence-electron chi connectivity index (χ3n) is 14.1. The Kier molecular flexibility index (Phi) is 11.3. The summed E-state index contributed by atoms with van der Waals surface area (Å²) in [6, 6.07) is 73.0. The number of terminal acetylenes is 1. The zero-order valence-corrected chi connectivity index (χ0v) is 38.8. The molecule has 1 atom stereocenters. The smallest absolute Gasteiger partial charge is 0.0656 e. The molecule has 1 heteroatoms. The fourth-order valence-electron chi connectivity index (χ4n) is 11.1. The minimum Gasteiger partial charge on any atom is -0.338 e. The molecule has 0 saturated heterocycles. The lowest BCUT2D eigenvalue weighted by Crippen LogP contribution is -2.37. The number of hydrogen-bond donors (Lipinski definition) is 0. The number of anilines is 1. The molecule has 0 bridgehead atoms. The molecule has 10 aromatic rings. The fourth-order valence-corrected chi connectivity index (χ4v) is 11.1. The molecule has 1 heterocycles. The van der Waals surface area contributed by atoms with Gasteiger partial charge in [-0.3, -0.25) is 0 Å². The zero-order valence-electron chi connectivity index (χ0n) is 38.8. The molecule has 1 unspecified atom stereocenters. The van der Waals surface area contributed by atoms with E-state index in [0.29, 0.717) is 6.54 Å². The van der Waals surface area contributed by atoms with E-state index in [4.69, 9.17) is 6.42 Å². The summed E-state index contributed by atoms with van der Waals surface area (Å²) in [4.78, 5) is 2.31. The van der Waals surface area contributed by atoms with Gasteiger partial charge in [0.05, 0.1) is 11.3 Å². The van der Waals surface area contributed by atoms with Crippen molar-refractivity contribution >= 4 is 48.8 Å². The highest BCUT2D eigenvalue weighted by atomic mass is 15.1. The van der Waals surface area contributed by atoms with Gasteiger partial charge >= 0.3 is 0 Å². The standard InChI is InChI=1S/C61H43N.C7H8/c1-4-6-20-41(3)62-36-19-7-8-25-48(5-2)61(55-30-17-18-31-58(55)62)56-39-46(59-49-26-13-9-21-42(49)37-43-22-10-14-27-50(43)59)32-34-53(56)54-35-33-47(40-57(54)61)60-51-28-15-11-23-44(51)38-45-24-12-16-29-52(45)60;1-7-5-3-2-4-6-7/h2,4,6-35,37-40,48H,1,3,36H2;2-6H,1H3/b19-7-,20-6-,25-8-;. The van der Waals surface area contributed by atoms with Crippen molar-refractivity contribution in [2.75, 3.05) is 11.4 Å². The van der Waals surface area contributed by atoms with Crippen LogP contribution in [0.3, 0.4) is 0 Å². The average molecular weight is 882 g/mol. The summed E-state index contributed by atoms with van der Waals surface area (Å²) in [6.07, 6.45) is 21.4. The summed E-state index contributed by atoms with van der Waals surface area (Å²) in [6.45, 7) is 11.3. The Bertz CT molecular complexity index is 3500. The van der Waals surface area contributed by atoms with Crippen LogP contribution in [0.5, 0.6) is 0 Å². The van der Waals surface area contributed by atoms with Gasteiger partial charge < -0.3 is 4.90 Å². The number of para-hydroxylation sites is 1. The Morgan fingerprint density at radius 3 is 1.52 bits per heavy atom. The lowest BCUT2D eigenvalue weighted by molar-refractivity contribution is 0.551. The lowest BCUT2D eigenvalue weighted by atomic mass is 9.63. The van der Waals surface area contributed by atoms with Gasteiger partial charge in [0.2, 0.25) is 0 Å². The Morgan fingerprint density at radius 1 is 0.565 bits per heavy atom. The monoisotopic (exact) mass is 881 g/mol. The first-order chi connectivity index (χ1) is 34.0. The van der Waals surface area contributed by atoms with Gasteiger partial charge in [0.25, 0.3) is 0 Å². The number of aryl methyl sites for hydroxylation is 1. The predicted octanol–water partition coefficient (Wildman–Crippen LogP) is 17.4. The second-order valence-electron chi connectivity index (χ2n) is 18.0. The van der Waals surface area contributed by atoms with Crippen LogP contribution in [0, 0.1) is 25.2 Å². The highest BCUT2D eigenvalue weighted by Crippen LogP contribution is 2.60. The van der Waals surface area contributed by atoms with E-state index in [1.807, 2.05) is 30.4 Å². The molecule has 1 aliphatic carbocycles. The molecule has 0 saturated carbocycles. The summed E-state index contributed by atoms with van der Waals surface area (Å²) < 4.78 is 0. The first kappa shape index (κ1) is 42.9. The van der Waals surface area contributed by atoms with Crippen molar-refractivity contribution < 1.29 is 0 Å². The average Bonchev–Trinajstić information content (AvgIpc) is 3.68. The van der Waals surface area contributed by atoms with Crippen molar-refractivity contribution in [1.29, 1.82) is 0 Å². The summed E-state index contributed by atoms with van der Waals surface area (Å²) in [5.74, 6) is 3.03. The van der Waals surface area contributed by atoms with Crippen LogP contribution in [0.1, 0.15) is 22.3 Å². The highest BCUT2D eigenvalue weighted by molar-refractivity contribution is 6.14. The van der Waals surface area contributed by atoms with Gasteiger partial charge in [0.1, 0.15) is 0 Å². The Morgan fingerprint density at radius 2 is 1.04 bits per heavy atom. The van der Waals surface area contributed by atoms with E-state index < -0.39 is 5.41 Å². The molecule has 1 spiro atoms. The van der Waals surface area contributed by atoms with Gasteiger partial charge in [0.15, 0.2) is 0 Å². The van der Waals surface area contributed by atoms with E-state index >= 15 is 0 Å². The van der Waals surface area contributed by atoms with Crippen LogP contribution in [-0.4, -0.2) is 6.54 Å². The van der Waals surface area contributed by atoms with E-state index in [1.165, 1.54) is 82.0 Å². The first-order valence-corrected chi connectivity index (χ1v) is 23.8. The molecule has 69 heavy (non-hydrogen) atoms. The van der Waals surface area contributed by atoms with E-state index in [2.05, 4.69) is 237 Å². The Balaban J connectivity index is 0.000000685. The number of benzene rings is 10. The van der Waals surface area contributed by atoms with Gasteiger partial charge in [-0.25, -0.2) is 0 Å². The third-order valence-corrected chi connectivity index (χ3v) is 14.1. The maximum Gasteiger partial charge on any atom is 0.0656 e. The minimum atomic E-state index is -0.814. The molecule has 0 N–H and O–H groups in total. The second kappa shape index (κ2) is 18.2. The molecule has 12 rings (SSSR count). The molecule has 0 fully saturated rings. The van der Waals surface area contributed by atoms with Crippen LogP contribution in [0.2, 0.25) is 0 Å². The van der Waals surface area contributed by atoms with Crippen LogP contribution in [0.25, 0.3) is 76.5 Å². The number of fused-ring (bicyclic) bond motifs is 11. The van der Waals surface area contributed by atoms with Gasteiger partial charge in [-0.15, -0.1) is 6.42 Å². The largest absolute Gasteiger partial charge is 0.338 e. The normalized spacial score (nSPS) is 15.5.